The highest BCUT2D eigenvalue weighted by atomic mass is 32.2. The van der Waals surface area contributed by atoms with Gasteiger partial charge in [0.25, 0.3) is 10.0 Å². The molecule has 1 fully saturated rings. The van der Waals surface area contributed by atoms with E-state index in [1.54, 1.807) is 12.3 Å². The topological polar surface area (TPSA) is 71.5 Å². The molecule has 0 bridgehead atoms. The summed E-state index contributed by atoms with van der Waals surface area (Å²) in [7, 11) is -3.51. The van der Waals surface area contributed by atoms with Crippen LogP contribution in [0.5, 0.6) is 0 Å². The summed E-state index contributed by atoms with van der Waals surface area (Å²) in [6.07, 6.45) is 3.42. The quantitative estimate of drug-likeness (QED) is 0.793. The van der Waals surface area contributed by atoms with E-state index in [1.807, 2.05) is 6.07 Å². The average molecular weight is 313 g/mol. The molecule has 0 aliphatic carbocycles. The third-order valence-electron chi connectivity index (χ3n) is 3.34. The molecule has 6 nitrogen and oxygen atoms in total. The van der Waals surface area contributed by atoms with Gasteiger partial charge in [-0.3, -0.25) is 0 Å². The number of pyridine rings is 1. The SMILES string of the molecule is CCCNCc1ccc(S(=O)(=O)N2CCCOCC2)nc1. The van der Waals surface area contributed by atoms with Crippen LogP contribution >= 0.6 is 0 Å². The molecule has 0 radical (unpaired) electrons. The van der Waals surface area contributed by atoms with E-state index >= 15 is 0 Å². The predicted molar refractivity (Wildman–Crippen MR) is 80.4 cm³/mol. The number of hydrogen-bond donors (Lipinski definition) is 1. The van der Waals surface area contributed by atoms with Gasteiger partial charge in [0.1, 0.15) is 0 Å². The molecular formula is C14H23N3O3S. The second kappa shape index (κ2) is 7.84. The van der Waals surface area contributed by atoms with Crippen LogP contribution in [-0.2, 0) is 21.3 Å². The van der Waals surface area contributed by atoms with Crippen LogP contribution in [0.2, 0.25) is 0 Å². The van der Waals surface area contributed by atoms with Crippen molar-refractivity contribution in [3.05, 3.63) is 23.9 Å². The molecule has 7 heteroatoms. The number of ether oxygens (including phenoxy) is 1. The molecule has 0 spiro atoms. The number of nitrogens with zero attached hydrogens (tertiary/aromatic N) is 2. The van der Waals surface area contributed by atoms with Crippen molar-refractivity contribution >= 4 is 10.0 Å². The van der Waals surface area contributed by atoms with Crippen LogP contribution < -0.4 is 5.32 Å². The first-order valence-electron chi connectivity index (χ1n) is 7.38. The summed E-state index contributed by atoms with van der Waals surface area (Å²) in [6.45, 7) is 5.69. The fourth-order valence-corrected chi connectivity index (χ4v) is 3.55. The lowest BCUT2D eigenvalue weighted by Crippen LogP contribution is -2.33. The molecular weight excluding hydrogens is 290 g/mol. The van der Waals surface area contributed by atoms with Crippen molar-refractivity contribution in [1.29, 1.82) is 0 Å². The summed E-state index contributed by atoms with van der Waals surface area (Å²) in [4.78, 5) is 4.12. The zero-order valence-electron chi connectivity index (χ0n) is 12.4. The summed E-state index contributed by atoms with van der Waals surface area (Å²) >= 11 is 0. The Labute approximate surface area is 126 Å². The largest absolute Gasteiger partial charge is 0.380 e. The summed E-state index contributed by atoms with van der Waals surface area (Å²) in [5.41, 5.74) is 0.988. The second-order valence-electron chi connectivity index (χ2n) is 5.05. The minimum absolute atomic E-state index is 0.114. The van der Waals surface area contributed by atoms with Crippen molar-refractivity contribution in [1.82, 2.24) is 14.6 Å². The molecule has 0 atom stereocenters. The first kappa shape index (κ1) is 16.4. The Balaban J connectivity index is 2.05. The number of hydrogen-bond acceptors (Lipinski definition) is 5. The van der Waals surface area contributed by atoms with Gasteiger partial charge in [-0.25, -0.2) is 13.4 Å². The van der Waals surface area contributed by atoms with Gasteiger partial charge < -0.3 is 10.1 Å². The van der Waals surface area contributed by atoms with Crippen LogP contribution in [-0.4, -0.2) is 50.6 Å². The minimum Gasteiger partial charge on any atom is -0.380 e. The molecule has 0 saturated carbocycles. The highest BCUT2D eigenvalue weighted by Gasteiger charge is 2.26. The molecule has 1 aromatic rings. The maximum Gasteiger partial charge on any atom is 0.260 e. The van der Waals surface area contributed by atoms with E-state index in [2.05, 4.69) is 17.2 Å². The third kappa shape index (κ3) is 4.47. The van der Waals surface area contributed by atoms with E-state index in [0.29, 0.717) is 32.8 Å². The first-order valence-corrected chi connectivity index (χ1v) is 8.82. The Morgan fingerprint density at radius 1 is 1.33 bits per heavy atom. The molecule has 2 heterocycles. The Morgan fingerprint density at radius 3 is 2.90 bits per heavy atom. The summed E-state index contributed by atoms with van der Waals surface area (Å²) < 4.78 is 31.8. The zero-order valence-corrected chi connectivity index (χ0v) is 13.2. The van der Waals surface area contributed by atoms with E-state index in [4.69, 9.17) is 4.74 Å². The molecule has 118 valence electrons. The molecule has 1 aliphatic rings. The maximum atomic E-state index is 12.5. The number of sulfonamides is 1. The summed E-state index contributed by atoms with van der Waals surface area (Å²) in [5.74, 6) is 0. The van der Waals surface area contributed by atoms with E-state index in [-0.39, 0.29) is 5.03 Å². The normalized spacial score (nSPS) is 17.6. The van der Waals surface area contributed by atoms with Crippen molar-refractivity contribution in [2.45, 2.75) is 31.3 Å². The second-order valence-corrected chi connectivity index (χ2v) is 6.94. The molecule has 0 aromatic carbocycles. The monoisotopic (exact) mass is 313 g/mol. The minimum atomic E-state index is -3.51. The smallest absolute Gasteiger partial charge is 0.260 e. The predicted octanol–water partition coefficient (Wildman–Crippen LogP) is 0.992. The molecule has 21 heavy (non-hydrogen) atoms. The van der Waals surface area contributed by atoms with Crippen LogP contribution in [0, 0.1) is 0 Å². The lowest BCUT2D eigenvalue weighted by Gasteiger charge is -2.18. The molecule has 2 rings (SSSR count). The van der Waals surface area contributed by atoms with Gasteiger partial charge in [-0.05, 0) is 31.0 Å². The van der Waals surface area contributed by atoms with Gasteiger partial charge in [0, 0.05) is 32.4 Å². The van der Waals surface area contributed by atoms with Crippen molar-refractivity contribution in [2.75, 3.05) is 32.8 Å². The molecule has 1 aromatic heterocycles. The third-order valence-corrected chi connectivity index (χ3v) is 5.15. The Kier molecular flexibility index (Phi) is 6.10. The molecule has 1 saturated heterocycles. The van der Waals surface area contributed by atoms with Crippen LogP contribution in [0.1, 0.15) is 25.3 Å². The van der Waals surface area contributed by atoms with Gasteiger partial charge in [0.15, 0.2) is 5.03 Å². The van der Waals surface area contributed by atoms with Gasteiger partial charge >= 0.3 is 0 Å². The Morgan fingerprint density at radius 2 is 2.19 bits per heavy atom. The fraction of sp³-hybridized carbons (Fsp3) is 0.643. The summed E-state index contributed by atoms with van der Waals surface area (Å²) in [5, 5.41) is 3.38. The number of rotatable bonds is 6. The lowest BCUT2D eigenvalue weighted by atomic mass is 10.3. The zero-order chi connectivity index (χ0) is 15.1. The number of nitrogens with one attached hydrogen (secondary N) is 1. The van der Waals surface area contributed by atoms with Gasteiger partial charge in [-0.15, -0.1) is 0 Å². The molecule has 0 unspecified atom stereocenters. The van der Waals surface area contributed by atoms with Gasteiger partial charge in [-0.1, -0.05) is 13.0 Å². The summed E-state index contributed by atoms with van der Waals surface area (Å²) in [6, 6.07) is 3.40. The molecule has 0 amide bonds. The lowest BCUT2D eigenvalue weighted by molar-refractivity contribution is 0.148. The Bertz CT molecular complexity index is 523. The maximum absolute atomic E-state index is 12.5. The highest BCUT2D eigenvalue weighted by molar-refractivity contribution is 7.89. The van der Waals surface area contributed by atoms with Crippen molar-refractivity contribution in [3.8, 4) is 0 Å². The van der Waals surface area contributed by atoms with Crippen LogP contribution in [0.25, 0.3) is 0 Å². The molecule has 1 aliphatic heterocycles. The van der Waals surface area contributed by atoms with E-state index in [1.165, 1.54) is 4.31 Å². The van der Waals surface area contributed by atoms with Crippen molar-refractivity contribution in [3.63, 3.8) is 0 Å². The van der Waals surface area contributed by atoms with Crippen LogP contribution in [0.3, 0.4) is 0 Å². The molecule has 1 N–H and O–H groups in total. The van der Waals surface area contributed by atoms with E-state index < -0.39 is 10.0 Å². The van der Waals surface area contributed by atoms with Crippen molar-refractivity contribution < 1.29 is 13.2 Å². The fourth-order valence-electron chi connectivity index (χ4n) is 2.17. The average Bonchev–Trinajstić information content (AvgIpc) is 2.78. The Hall–Kier alpha value is -1.02. The van der Waals surface area contributed by atoms with E-state index in [9.17, 15) is 8.42 Å². The van der Waals surface area contributed by atoms with Gasteiger partial charge in [0.2, 0.25) is 0 Å². The van der Waals surface area contributed by atoms with Gasteiger partial charge in [0.05, 0.1) is 6.61 Å². The van der Waals surface area contributed by atoms with Crippen LogP contribution in [0.15, 0.2) is 23.4 Å². The highest BCUT2D eigenvalue weighted by Crippen LogP contribution is 2.15. The van der Waals surface area contributed by atoms with Crippen molar-refractivity contribution in [2.24, 2.45) is 0 Å². The van der Waals surface area contributed by atoms with Gasteiger partial charge in [-0.2, -0.15) is 4.31 Å². The first-order chi connectivity index (χ1) is 10.1. The standard InChI is InChI=1S/C14H23N3O3S/c1-2-6-15-11-13-4-5-14(16-12-13)21(18,19)17-7-3-9-20-10-8-17/h4-5,12,15H,2-3,6-11H2,1H3. The van der Waals surface area contributed by atoms with Crippen LogP contribution in [0.4, 0.5) is 0 Å². The number of aromatic nitrogens is 1. The van der Waals surface area contributed by atoms with E-state index in [0.717, 1.165) is 24.9 Å².